The molecule has 1 aromatic rings. The quantitative estimate of drug-likeness (QED) is 0.174. The summed E-state index contributed by atoms with van der Waals surface area (Å²) >= 11 is 5.95. The Hall–Kier alpha value is -1.74. The number of oxime groups is 1. The van der Waals surface area contributed by atoms with Gasteiger partial charge in [0.25, 0.3) is 0 Å². The van der Waals surface area contributed by atoms with Gasteiger partial charge in [-0.15, -0.1) is 0 Å². The molecule has 10 heteroatoms. The maximum absolute atomic E-state index is 12.7. The molecule has 0 saturated heterocycles. The van der Waals surface area contributed by atoms with Crippen LogP contribution in [-0.2, 0) is 14.9 Å². The van der Waals surface area contributed by atoms with E-state index in [1.165, 1.54) is 17.7 Å². The van der Waals surface area contributed by atoms with Crippen molar-refractivity contribution in [2.24, 2.45) is 11.1 Å². The second-order valence-corrected chi connectivity index (χ2v) is 9.33. The molecule has 0 amide bonds. The van der Waals surface area contributed by atoms with Crippen molar-refractivity contribution < 1.29 is 26.4 Å². The SMILES string of the molecule is CCC(=NOCCC(C)CCC=C(C)C)c1cc(Cl)ccc1NS(=O)(=O)C(F)(F)F. The zero-order valence-corrected chi connectivity index (χ0v) is 19.1. The van der Waals surface area contributed by atoms with Gasteiger partial charge in [-0.1, -0.05) is 42.3 Å². The van der Waals surface area contributed by atoms with Crippen molar-refractivity contribution in [3.8, 4) is 0 Å². The molecule has 0 aliphatic rings. The van der Waals surface area contributed by atoms with Crippen molar-refractivity contribution in [1.82, 2.24) is 0 Å². The summed E-state index contributed by atoms with van der Waals surface area (Å²) in [6.45, 7) is 8.27. The molecule has 1 N–H and O–H groups in total. The fourth-order valence-electron chi connectivity index (χ4n) is 2.53. The Morgan fingerprint density at radius 2 is 1.97 bits per heavy atom. The van der Waals surface area contributed by atoms with E-state index in [9.17, 15) is 21.6 Å². The minimum absolute atomic E-state index is 0.134. The van der Waals surface area contributed by atoms with Gasteiger partial charge in [0.15, 0.2) is 0 Å². The molecular weight excluding hydrogens is 441 g/mol. The highest BCUT2D eigenvalue weighted by Gasteiger charge is 2.46. The largest absolute Gasteiger partial charge is 0.516 e. The van der Waals surface area contributed by atoms with Crippen LogP contribution in [0.1, 0.15) is 58.9 Å². The third-order valence-corrected chi connectivity index (χ3v) is 5.60. The molecule has 1 unspecified atom stereocenters. The van der Waals surface area contributed by atoms with Gasteiger partial charge >= 0.3 is 15.5 Å². The van der Waals surface area contributed by atoms with E-state index in [0.717, 1.165) is 25.3 Å². The standard InChI is InChI=1S/C20H28ClF3N2O3S/c1-5-18(25-29-12-11-15(4)8-6-7-14(2)3)17-13-16(21)9-10-19(17)26-30(27,28)20(22,23)24/h7,9-10,13,15,26H,5-6,8,11-12H2,1-4H3. The highest BCUT2D eigenvalue weighted by Crippen LogP contribution is 2.29. The van der Waals surface area contributed by atoms with E-state index in [-0.39, 0.29) is 22.0 Å². The molecule has 0 radical (unpaired) electrons. The van der Waals surface area contributed by atoms with Gasteiger partial charge in [-0.05, 0) is 63.6 Å². The lowest BCUT2D eigenvalue weighted by atomic mass is 10.0. The van der Waals surface area contributed by atoms with Gasteiger partial charge in [0.05, 0.1) is 11.4 Å². The van der Waals surface area contributed by atoms with E-state index in [1.807, 2.05) is 13.8 Å². The van der Waals surface area contributed by atoms with E-state index in [2.05, 4.69) is 18.2 Å². The van der Waals surface area contributed by atoms with Crippen LogP contribution in [0.25, 0.3) is 0 Å². The molecule has 0 fully saturated rings. The molecule has 1 rings (SSSR count). The maximum atomic E-state index is 12.7. The molecule has 0 aliphatic carbocycles. The zero-order valence-electron chi connectivity index (χ0n) is 17.5. The van der Waals surface area contributed by atoms with Gasteiger partial charge in [0.1, 0.15) is 6.61 Å². The Morgan fingerprint density at radius 3 is 2.53 bits per heavy atom. The van der Waals surface area contributed by atoms with Gasteiger partial charge in [0, 0.05) is 10.6 Å². The van der Waals surface area contributed by atoms with Crippen molar-refractivity contribution in [1.29, 1.82) is 0 Å². The van der Waals surface area contributed by atoms with E-state index in [4.69, 9.17) is 16.4 Å². The molecule has 0 aromatic heterocycles. The summed E-state index contributed by atoms with van der Waals surface area (Å²) in [6.07, 6.45) is 5.24. The number of nitrogens with one attached hydrogen (secondary N) is 1. The lowest BCUT2D eigenvalue weighted by molar-refractivity contribution is -0.0429. The number of nitrogens with zero attached hydrogens (tertiary/aromatic N) is 1. The molecule has 170 valence electrons. The maximum Gasteiger partial charge on any atom is 0.516 e. The van der Waals surface area contributed by atoms with E-state index in [1.54, 1.807) is 11.6 Å². The van der Waals surface area contributed by atoms with Crippen molar-refractivity contribution in [2.75, 3.05) is 11.3 Å². The summed E-state index contributed by atoms with van der Waals surface area (Å²) in [5.41, 5.74) is -4.01. The van der Waals surface area contributed by atoms with E-state index in [0.29, 0.717) is 18.9 Å². The first-order valence-corrected chi connectivity index (χ1v) is 11.4. The first-order valence-electron chi connectivity index (χ1n) is 9.58. The average Bonchev–Trinajstić information content (AvgIpc) is 2.62. The summed E-state index contributed by atoms with van der Waals surface area (Å²) in [5, 5.41) is 4.25. The molecule has 1 aromatic carbocycles. The summed E-state index contributed by atoms with van der Waals surface area (Å²) in [7, 11) is -5.57. The third-order valence-electron chi connectivity index (χ3n) is 4.27. The summed E-state index contributed by atoms with van der Waals surface area (Å²) in [6, 6.07) is 3.81. The van der Waals surface area contributed by atoms with Gasteiger partial charge in [-0.2, -0.15) is 21.6 Å². The number of hydrogen-bond donors (Lipinski definition) is 1. The van der Waals surface area contributed by atoms with Crippen LogP contribution < -0.4 is 4.72 Å². The molecule has 0 aliphatic heterocycles. The first-order chi connectivity index (χ1) is 13.9. The summed E-state index contributed by atoms with van der Waals surface area (Å²) in [5.74, 6) is 0.418. The smallest absolute Gasteiger partial charge is 0.396 e. The third kappa shape index (κ3) is 8.55. The van der Waals surface area contributed by atoms with Crippen LogP contribution in [0.15, 0.2) is 35.0 Å². The average molecular weight is 469 g/mol. The van der Waals surface area contributed by atoms with Crippen LogP contribution in [0.2, 0.25) is 5.02 Å². The fourth-order valence-corrected chi connectivity index (χ4v) is 3.28. The number of hydrogen-bond acceptors (Lipinski definition) is 4. The normalized spacial score (nSPS) is 13.7. The highest BCUT2D eigenvalue weighted by molar-refractivity contribution is 7.93. The predicted molar refractivity (Wildman–Crippen MR) is 115 cm³/mol. The second-order valence-electron chi connectivity index (χ2n) is 7.22. The number of halogens is 4. The Labute approximate surface area is 181 Å². The molecule has 1 atom stereocenters. The minimum atomic E-state index is -5.57. The number of sulfonamides is 1. The molecule has 30 heavy (non-hydrogen) atoms. The first kappa shape index (κ1) is 26.3. The van der Waals surface area contributed by atoms with Crippen molar-refractivity contribution >= 4 is 33.0 Å². The van der Waals surface area contributed by atoms with Gasteiger partial charge in [-0.25, -0.2) is 0 Å². The van der Waals surface area contributed by atoms with E-state index >= 15 is 0 Å². The molecule has 0 spiro atoms. The lowest BCUT2D eigenvalue weighted by Crippen LogP contribution is -2.30. The number of benzene rings is 1. The van der Waals surface area contributed by atoms with Crippen LogP contribution in [0.5, 0.6) is 0 Å². The summed E-state index contributed by atoms with van der Waals surface area (Å²) < 4.78 is 62.7. The second kappa shape index (κ2) is 11.6. The van der Waals surface area contributed by atoms with Crippen molar-refractivity contribution in [3.05, 3.63) is 40.4 Å². The van der Waals surface area contributed by atoms with Crippen LogP contribution >= 0.6 is 11.6 Å². The predicted octanol–water partition coefficient (Wildman–Crippen LogP) is 6.50. The number of rotatable bonds is 11. The number of anilines is 1. The van der Waals surface area contributed by atoms with Crippen LogP contribution in [0, 0.1) is 5.92 Å². The van der Waals surface area contributed by atoms with Gasteiger partial charge in [-0.3, -0.25) is 4.72 Å². The van der Waals surface area contributed by atoms with Gasteiger partial charge in [0.2, 0.25) is 0 Å². The molecule has 0 bridgehead atoms. The molecule has 0 heterocycles. The monoisotopic (exact) mass is 468 g/mol. The fraction of sp³-hybridized carbons (Fsp3) is 0.550. The molecular formula is C20H28ClF3N2O3S. The highest BCUT2D eigenvalue weighted by atomic mass is 35.5. The summed E-state index contributed by atoms with van der Waals surface area (Å²) in [4.78, 5) is 5.36. The van der Waals surface area contributed by atoms with Gasteiger partial charge < -0.3 is 4.84 Å². The number of allylic oxidation sites excluding steroid dienone is 2. The molecule has 5 nitrogen and oxygen atoms in total. The van der Waals surface area contributed by atoms with Crippen LogP contribution in [0.3, 0.4) is 0 Å². The van der Waals surface area contributed by atoms with Crippen LogP contribution in [0.4, 0.5) is 18.9 Å². The van der Waals surface area contributed by atoms with E-state index < -0.39 is 15.5 Å². The Balaban J connectivity index is 2.89. The molecule has 0 saturated carbocycles. The topological polar surface area (TPSA) is 67.8 Å². The minimum Gasteiger partial charge on any atom is -0.396 e. The lowest BCUT2D eigenvalue weighted by Gasteiger charge is -2.15. The number of alkyl halides is 3. The Kier molecular flexibility index (Phi) is 10.2. The van der Waals surface area contributed by atoms with Crippen molar-refractivity contribution in [2.45, 2.75) is 58.9 Å². The zero-order chi connectivity index (χ0) is 22.9. The van der Waals surface area contributed by atoms with Crippen molar-refractivity contribution in [3.63, 3.8) is 0 Å². The Morgan fingerprint density at radius 1 is 1.30 bits per heavy atom. The Bertz CT molecular complexity index is 865. The van der Waals surface area contributed by atoms with Crippen LogP contribution in [-0.4, -0.2) is 26.2 Å².